The van der Waals surface area contributed by atoms with E-state index in [1.54, 1.807) is 0 Å². The molecule has 0 amide bonds. The molecule has 0 nitrogen and oxygen atoms in total. The Morgan fingerprint density at radius 2 is 1.64 bits per heavy atom. The largest absolute Gasteiger partial charge is 0.204 e. The average molecular weight is 389 g/mol. The van der Waals surface area contributed by atoms with Crippen molar-refractivity contribution in [2.75, 3.05) is 0 Å². The smallest absolute Gasteiger partial charge is 0.194 e. The van der Waals surface area contributed by atoms with E-state index >= 15 is 0 Å². The Morgan fingerprint density at radius 1 is 0.929 bits per heavy atom. The second kappa shape index (κ2) is 8.47. The molecular weight excluding hydrogens is 357 g/mol. The predicted molar refractivity (Wildman–Crippen MR) is 108 cm³/mol. The van der Waals surface area contributed by atoms with Gasteiger partial charge in [-0.2, -0.15) is 0 Å². The molecule has 0 saturated heterocycles. The van der Waals surface area contributed by atoms with Gasteiger partial charge in [0, 0.05) is 0 Å². The Morgan fingerprint density at radius 3 is 2.32 bits per heavy atom. The third kappa shape index (κ3) is 4.09. The fourth-order valence-corrected chi connectivity index (χ4v) is 5.86. The summed E-state index contributed by atoms with van der Waals surface area (Å²) in [7, 11) is 0. The topological polar surface area (TPSA) is 0 Å². The minimum Gasteiger partial charge on any atom is -0.204 e. The molecule has 2 saturated carbocycles. The van der Waals surface area contributed by atoms with Gasteiger partial charge in [0.1, 0.15) is 0 Å². The predicted octanol–water partition coefficient (Wildman–Crippen LogP) is 7.84. The van der Waals surface area contributed by atoms with Crippen LogP contribution in [0.2, 0.25) is 0 Å². The van der Waals surface area contributed by atoms with Gasteiger partial charge in [-0.3, -0.25) is 0 Å². The van der Waals surface area contributed by atoms with E-state index in [4.69, 9.17) is 0 Å². The van der Waals surface area contributed by atoms with Gasteiger partial charge in [0.15, 0.2) is 17.5 Å². The first-order valence-electron chi connectivity index (χ1n) is 11.1. The van der Waals surface area contributed by atoms with Crippen molar-refractivity contribution in [2.45, 2.75) is 71.1 Å². The standard InChI is InChI=1S/C25H31F3/c1-2-3-16-4-6-17(7-5-16)18-8-9-20-13-21(11-10-19(20)12-18)22-14-23(26)25(28)24(27)15-22/h11,13-19H,2-10,12H2,1H3. The number of fused-ring (bicyclic) bond motifs is 1. The lowest BCUT2D eigenvalue weighted by molar-refractivity contribution is 0.156. The van der Waals surface area contributed by atoms with Gasteiger partial charge in [-0.1, -0.05) is 50.3 Å². The summed E-state index contributed by atoms with van der Waals surface area (Å²) in [5, 5.41) is 0. The molecule has 4 rings (SSSR count). The minimum absolute atomic E-state index is 0.443. The summed E-state index contributed by atoms with van der Waals surface area (Å²) in [6.45, 7) is 2.29. The van der Waals surface area contributed by atoms with Gasteiger partial charge in [0.2, 0.25) is 0 Å². The zero-order chi connectivity index (χ0) is 19.7. The maximum Gasteiger partial charge on any atom is 0.194 e. The van der Waals surface area contributed by atoms with Crippen LogP contribution in [0.4, 0.5) is 13.2 Å². The Hall–Kier alpha value is -1.51. The monoisotopic (exact) mass is 388 g/mol. The summed E-state index contributed by atoms with van der Waals surface area (Å²) < 4.78 is 40.4. The van der Waals surface area contributed by atoms with Crippen LogP contribution in [-0.2, 0) is 0 Å². The first kappa shape index (κ1) is 19.8. The Balaban J connectivity index is 1.39. The highest BCUT2D eigenvalue weighted by molar-refractivity contribution is 5.76. The zero-order valence-electron chi connectivity index (χ0n) is 16.8. The molecule has 3 aliphatic rings. The minimum atomic E-state index is -1.39. The van der Waals surface area contributed by atoms with Gasteiger partial charge in [0.25, 0.3) is 0 Å². The molecule has 0 heterocycles. The SMILES string of the molecule is CCCC1CCC(C2CCC3=CC(c4cc(F)c(F)c(F)c4)=CCC3C2)CC1. The van der Waals surface area contributed by atoms with Crippen LogP contribution in [0.25, 0.3) is 5.57 Å². The normalized spacial score (nSPS) is 30.4. The van der Waals surface area contributed by atoms with Gasteiger partial charge in [0.05, 0.1) is 0 Å². The van der Waals surface area contributed by atoms with Crippen molar-refractivity contribution >= 4 is 5.57 Å². The van der Waals surface area contributed by atoms with Crippen LogP contribution in [-0.4, -0.2) is 0 Å². The lowest BCUT2D eigenvalue weighted by Crippen LogP contribution is -2.28. The Labute approximate surface area is 166 Å². The van der Waals surface area contributed by atoms with Gasteiger partial charge in [-0.15, -0.1) is 0 Å². The van der Waals surface area contributed by atoms with Crippen molar-refractivity contribution in [3.63, 3.8) is 0 Å². The lowest BCUT2D eigenvalue weighted by atomic mass is 9.65. The first-order valence-corrected chi connectivity index (χ1v) is 11.1. The van der Waals surface area contributed by atoms with Crippen LogP contribution in [0.15, 0.2) is 29.9 Å². The molecule has 0 aliphatic heterocycles. The number of hydrogen-bond acceptors (Lipinski definition) is 0. The molecule has 3 heteroatoms. The van der Waals surface area contributed by atoms with Gasteiger partial charge >= 0.3 is 0 Å². The highest BCUT2D eigenvalue weighted by Crippen LogP contribution is 2.47. The third-order valence-electron chi connectivity index (χ3n) is 7.45. The summed E-state index contributed by atoms with van der Waals surface area (Å²) in [6, 6.07) is 2.23. The maximum atomic E-state index is 13.6. The van der Waals surface area contributed by atoms with E-state index in [0.29, 0.717) is 11.5 Å². The van der Waals surface area contributed by atoms with E-state index in [1.165, 1.54) is 56.9 Å². The number of hydrogen-bond donors (Lipinski definition) is 0. The van der Waals surface area contributed by atoms with Crippen LogP contribution < -0.4 is 0 Å². The van der Waals surface area contributed by atoms with Crippen molar-refractivity contribution in [3.8, 4) is 0 Å². The number of rotatable bonds is 4. The van der Waals surface area contributed by atoms with Crippen molar-refractivity contribution in [1.82, 2.24) is 0 Å². The molecular formula is C25H31F3. The quantitative estimate of drug-likeness (QED) is 0.461. The molecule has 0 spiro atoms. The molecule has 3 aliphatic carbocycles. The van der Waals surface area contributed by atoms with Crippen LogP contribution in [0, 0.1) is 41.1 Å². The van der Waals surface area contributed by atoms with E-state index in [2.05, 4.69) is 19.1 Å². The van der Waals surface area contributed by atoms with Crippen molar-refractivity contribution < 1.29 is 13.2 Å². The second-order valence-corrected chi connectivity index (χ2v) is 9.17. The molecule has 0 radical (unpaired) electrons. The first-order chi connectivity index (χ1) is 13.5. The molecule has 0 aromatic heterocycles. The summed E-state index contributed by atoms with van der Waals surface area (Å²) in [4.78, 5) is 0. The number of benzene rings is 1. The molecule has 2 unspecified atom stereocenters. The number of allylic oxidation sites excluding steroid dienone is 4. The van der Waals surface area contributed by atoms with Crippen LogP contribution in [0.1, 0.15) is 76.7 Å². The molecule has 152 valence electrons. The summed E-state index contributed by atoms with van der Waals surface area (Å²) in [5.74, 6) is -0.360. The highest BCUT2D eigenvalue weighted by atomic mass is 19.2. The molecule has 1 aromatic rings. The summed E-state index contributed by atoms with van der Waals surface area (Å²) in [5.41, 5.74) is 2.69. The summed E-state index contributed by atoms with van der Waals surface area (Å²) >= 11 is 0. The van der Waals surface area contributed by atoms with Crippen molar-refractivity contribution in [3.05, 3.63) is 52.9 Å². The molecule has 0 N–H and O–H groups in total. The molecule has 2 fully saturated rings. The van der Waals surface area contributed by atoms with Crippen LogP contribution >= 0.6 is 0 Å². The van der Waals surface area contributed by atoms with Crippen LogP contribution in [0.3, 0.4) is 0 Å². The lowest BCUT2D eigenvalue weighted by Gasteiger charge is -2.40. The Kier molecular flexibility index (Phi) is 5.99. The van der Waals surface area contributed by atoms with Gasteiger partial charge < -0.3 is 0 Å². The van der Waals surface area contributed by atoms with E-state index in [1.807, 2.05) is 0 Å². The van der Waals surface area contributed by atoms with Crippen LogP contribution in [0.5, 0.6) is 0 Å². The highest BCUT2D eigenvalue weighted by Gasteiger charge is 2.34. The molecule has 0 bridgehead atoms. The fraction of sp³-hybridized carbons (Fsp3) is 0.600. The zero-order valence-corrected chi connectivity index (χ0v) is 16.8. The second-order valence-electron chi connectivity index (χ2n) is 9.17. The number of halogens is 3. The molecule has 28 heavy (non-hydrogen) atoms. The maximum absolute atomic E-state index is 13.6. The van der Waals surface area contributed by atoms with Crippen molar-refractivity contribution in [1.29, 1.82) is 0 Å². The Bertz CT molecular complexity index is 745. The average Bonchev–Trinajstić information content (AvgIpc) is 2.71. The van der Waals surface area contributed by atoms with E-state index in [9.17, 15) is 13.2 Å². The van der Waals surface area contributed by atoms with Gasteiger partial charge in [-0.25, -0.2) is 13.2 Å². The third-order valence-corrected chi connectivity index (χ3v) is 7.45. The van der Waals surface area contributed by atoms with E-state index < -0.39 is 17.5 Å². The fourth-order valence-electron chi connectivity index (χ4n) is 5.86. The summed E-state index contributed by atoms with van der Waals surface area (Å²) in [6.07, 6.45) is 17.0. The van der Waals surface area contributed by atoms with E-state index in [0.717, 1.165) is 48.3 Å². The van der Waals surface area contributed by atoms with Crippen molar-refractivity contribution in [2.24, 2.45) is 23.7 Å². The van der Waals surface area contributed by atoms with Gasteiger partial charge in [-0.05, 0) is 85.5 Å². The molecule has 1 aromatic carbocycles. The molecule has 2 atom stereocenters. The van der Waals surface area contributed by atoms with E-state index in [-0.39, 0.29) is 0 Å².